The number of aliphatic carboxylic acids is 1. The zero-order valence-electron chi connectivity index (χ0n) is 18.6. The molecule has 0 aliphatic heterocycles. The van der Waals surface area contributed by atoms with Crippen LogP contribution in [-0.2, 0) is 28.8 Å². The third-order valence-electron chi connectivity index (χ3n) is 5.07. The molecule has 34 heavy (non-hydrogen) atoms. The summed E-state index contributed by atoms with van der Waals surface area (Å²) in [6.07, 6.45) is -4.50. The first-order chi connectivity index (χ1) is 16.2. The van der Waals surface area contributed by atoms with E-state index >= 15 is 0 Å². The summed E-state index contributed by atoms with van der Waals surface area (Å²) in [7, 11) is 0. The minimum absolute atomic E-state index is 0.0329. The Morgan fingerprint density at radius 3 is 2.38 bits per heavy atom. The molecule has 0 aliphatic carbocycles. The van der Waals surface area contributed by atoms with Gasteiger partial charge in [-0.15, -0.1) is 0 Å². The molecule has 9 heteroatoms. The van der Waals surface area contributed by atoms with Crippen LogP contribution in [0.3, 0.4) is 0 Å². The van der Waals surface area contributed by atoms with Crippen molar-refractivity contribution >= 4 is 23.0 Å². The summed E-state index contributed by atoms with van der Waals surface area (Å²) >= 11 is 1.51. The standard InChI is InChI=1S/C25H24F3NO4S/c1-3-22(24(30)31)33-23-9-6-18(12-16(23)2)13-21(19-10-11-34-15-19)29-32-14-17-4-7-20(8-5-17)25(26,27)28/h4-12,15,22H,3,13-14H2,1-2H3,(H,30,31). The van der Waals surface area contributed by atoms with E-state index in [-0.39, 0.29) is 6.61 Å². The van der Waals surface area contributed by atoms with Crippen molar-refractivity contribution in [1.82, 2.24) is 0 Å². The maximum atomic E-state index is 12.7. The number of alkyl halides is 3. The number of rotatable bonds is 10. The molecule has 3 rings (SSSR count). The molecular weight excluding hydrogens is 467 g/mol. The molecule has 0 radical (unpaired) electrons. The maximum absolute atomic E-state index is 12.7. The van der Waals surface area contributed by atoms with Crippen LogP contribution in [0.4, 0.5) is 13.2 Å². The van der Waals surface area contributed by atoms with Crippen LogP contribution in [0.2, 0.25) is 0 Å². The van der Waals surface area contributed by atoms with Gasteiger partial charge in [0.2, 0.25) is 0 Å². The van der Waals surface area contributed by atoms with E-state index in [9.17, 15) is 23.1 Å². The number of benzene rings is 2. The second-order valence-corrected chi connectivity index (χ2v) is 8.43. The molecule has 5 nitrogen and oxygen atoms in total. The fourth-order valence-electron chi connectivity index (χ4n) is 3.20. The predicted octanol–water partition coefficient (Wildman–Crippen LogP) is 6.48. The Morgan fingerprint density at radius 1 is 1.12 bits per heavy atom. The molecule has 0 saturated heterocycles. The Balaban J connectivity index is 1.71. The summed E-state index contributed by atoms with van der Waals surface area (Å²) in [6.45, 7) is 3.62. The lowest BCUT2D eigenvalue weighted by Crippen LogP contribution is -2.26. The monoisotopic (exact) mass is 491 g/mol. The molecule has 1 N–H and O–H groups in total. The molecule has 1 aromatic heterocycles. The van der Waals surface area contributed by atoms with Gasteiger partial charge in [0.1, 0.15) is 12.4 Å². The molecule has 0 bridgehead atoms. The van der Waals surface area contributed by atoms with Crippen LogP contribution in [0, 0.1) is 6.92 Å². The molecule has 2 aromatic carbocycles. The van der Waals surface area contributed by atoms with Crippen molar-refractivity contribution in [3.05, 3.63) is 87.1 Å². The van der Waals surface area contributed by atoms with Crippen LogP contribution < -0.4 is 4.74 Å². The average Bonchev–Trinajstić information content (AvgIpc) is 3.32. The number of carboxylic acid groups (broad SMARTS) is 1. The Labute approximate surface area is 199 Å². The molecule has 1 unspecified atom stereocenters. The lowest BCUT2D eigenvalue weighted by molar-refractivity contribution is -0.145. The van der Waals surface area contributed by atoms with Gasteiger partial charge < -0.3 is 14.7 Å². The van der Waals surface area contributed by atoms with Gasteiger partial charge in [0.05, 0.1) is 11.3 Å². The van der Waals surface area contributed by atoms with E-state index < -0.39 is 23.8 Å². The SMILES string of the molecule is CCC(Oc1ccc(CC(=NOCc2ccc(C(F)(F)F)cc2)c2ccsc2)cc1C)C(=O)O. The average molecular weight is 492 g/mol. The number of oxime groups is 1. The van der Waals surface area contributed by atoms with Crippen molar-refractivity contribution in [3.63, 3.8) is 0 Å². The number of ether oxygens (including phenoxy) is 1. The molecular formula is C25H24F3NO4S. The van der Waals surface area contributed by atoms with Gasteiger partial charge in [-0.1, -0.05) is 36.3 Å². The fourth-order valence-corrected chi connectivity index (χ4v) is 3.86. The molecule has 1 atom stereocenters. The fraction of sp³-hybridized carbons (Fsp3) is 0.280. The molecule has 0 saturated carbocycles. The first kappa shape index (κ1) is 25.3. The van der Waals surface area contributed by atoms with Crippen molar-refractivity contribution in [2.24, 2.45) is 5.16 Å². The number of nitrogens with zero attached hydrogens (tertiary/aromatic N) is 1. The Kier molecular flexibility index (Phi) is 8.33. The van der Waals surface area contributed by atoms with E-state index in [4.69, 9.17) is 9.57 Å². The Hall–Kier alpha value is -3.33. The van der Waals surface area contributed by atoms with Crippen LogP contribution in [0.5, 0.6) is 5.75 Å². The topological polar surface area (TPSA) is 68.1 Å². The van der Waals surface area contributed by atoms with Crippen LogP contribution in [-0.4, -0.2) is 22.9 Å². The van der Waals surface area contributed by atoms with Crippen molar-refractivity contribution in [2.75, 3.05) is 0 Å². The van der Waals surface area contributed by atoms with Gasteiger partial charge in [-0.05, 0) is 65.1 Å². The summed E-state index contributed by atoms with van der Waals surface area (Å²) in [4.78, 5) is 16.7. The number of carbonyl (C=O) groups is 1. The lowest BCUT2D eigenvalue weighted by atomic mass is 10.0. The normalized spacial score (nSPS) is 12.9. The van der Waals surface area contributed by atoms with Gasteiger partial charge in [0, 0.05) is 12.0 Å². The first-order valence-electron chi connectivity index (χ1n) is 10.5. The molecule has 0 aliphatic rings. The van der Waals surface area contributed by atoms with Gasteiger partial charge in [0.25, 0.3) is 0 Å². The largest absolute Gasteiger partial charge is 0.479 e. The van der Waals surface area contributed by atoms with Crippen molar-refractivity contribution in [2.45, 2.75) is 45.6 Å². The second-order valence-electron chi connectivity index (χ2n) is 7.65. The van der Waals surface area contributed by atoms with Crippen molar-refractivity contribution in [1.29, 1.82) is 0 Å². The molecule has 1 heterocycles. The highest BCUT2D eigenvalue weighted by Crippen LogP contribution is 2.29. The van der Waals surface area contributed by atoms with Crippen LogP contribution in [0.15, 0.2) is 64.4 Å². The quantitative estimate of drug-likeness (QED) is 0.260. The van der Waals surface area contributed by atoms with Crippen LogP contribution >= 0.6 is 11.3 Å². The highest BCUT2D eigenvalue weighted by Gasteiger charge is 2.29. The summed E-state index contributed by atoms with van der Waals surface area (Å²) < 4.78 is 43.8. The number of hydrogen-bond acceptors (Lipinski definition) is 5. The predicted molar refractivity (Wildman–Crippen MR) is 124 cm³/mol. The second kappa shape index (κ2) is 11.2. The number of carboxylic acids is 1. The van der Waals surface area contributed by atoms with E-state index in [2.05, 4.69) is 5.16 Å². The maximum Gasteiger partial charge on any atom is 0.416 e. The van der Waals surface area contributed by atoms with E-state index in [0.29, 0.717) is 29.9 Å². The zero-order valence-corrected chi connectivity index (χ0v) is 19.4. The first-order valence-corrected chi connectivity index (χ1v) is 11.5. The van der Waals surface area contributed by atoms with E-state index in [0.717, 1.165) is 28.8 Å². The third kappa shape index (κ3) is 6.84. The minimum atomic E-state index is -4.38. The van der Waals surface area contributed by atoms with Crippen molar-refractivity contribution < 1.29 is 32.6 Å². The Morgan fingerprint density at radius 2 is 1.82 bits per heavy atom. The van der Waals surface area contributed by atoms with Gasteiger partial charge in [-0.2, -0.15) is 24.5 Å². The van der Waals surface area contributed by atoms with Gasteiger partial charge in [0.15, 0.2) is 6.10 Å². The van der Waals surface area contributed by atoms with E-state index in [1.165, 1.54) is 23.5 Å². The van der Waals surface area contributed by atoms with Gasteiger partial charge >= 0.3 is 12.1 Å². The summed E-state index contributed by atoms with van der Waals surface area (Å²) in [5, 5.41) is 17.3. The van der Waals surface area contributed by atoms with Crippen LogP contribution in [0.1, 0.15) is 41.2 Å². The van der Waals surface area contributed by atoms with Crippen molar-refractivity contribution in [3.8, 4) is 5.75 Å². The smallest absolute Gasteiger partial charge is 0.416 e. The van der Waals surface area contributed by atoms with E-state index in [1.54, 1.807) is 13.0 Å². The number of thiophene rings is 1. The summed E-state index contributed by atoms with van der Waals surface area (Å²) in [6, 6.07) is 12.2. The summed E-state index contributed by atoms with van der Waals surface area (Å²) in [5.41, 5.74) is 3.13. The highest BCUT2D eigenvalue weighted by atomic mass is 32.1. The number of aryl methyl sites for hydroxylation is 1. The minimum Gasteiger partial charge on any atom is -0.479 e. The zero-order chi connectivity index (χ0) is 24.7. The Bertz CT molecular complexity index is 1130. The number of halogens is 3. The summed E-state index contributed by atoms with van der Waals surface area (Å²) in [5.74, 6) is -0.506. The van der Waals surface area contributed by atoms with Crippen LogP contribution in [0.25, 0.3) is 0 Å². The number of hydrogen-bond donors (Lipinski definition) is 1. The van der Waals surface area contributed by atoms with Gasteiger partial charge in [-0.3, -0.25) is 0 Å². The molecule has 0 spiro atoms. The van der Waals surface area contributed by atoms with Gasteiger partial charge in [-0.25, -0.2) is 4.79 Å². The molecule has 0 amide bonds. The molecule has 180 valence electrons. The highest BCUT2D eigenvalue weighted by molar-refractivity contribution is 7.08. The molecule has 0 fully saturated rings. The van der Waals surface area contributed by atoms with E-state index in [1.807, 2.05) is 35.9 Å². The third-order valence-corrected chi connectivity index (χ3v) is 5.75. The lowest BCUT2D eigenvalue weighted by Gasteiger charge is -2.16. The molecule has 3 aromatic rings.